The molecule has 0 amide bonds. The first-order valence-corrected chi connectivity index (χ1v) is 6.18. The summed E-state index contributed by atoms with van der Waals surface area (Å²) < 4.78 is 30.8. The van der Waals surface area contributed by atoms with Gasteiger partial charge in [-0.3, -0.25) is 4.55 Å². The zero-order valence-corrected chi connectivity index (χ0v) is 9.24. The van der Waals surface area contributed by atoms with E-state index in [1.54, 1.807) is 25.1 Å². The molecule has 5 heteroatoms. The molecule has 0 heterocycles. The Balaban J connectivity index is 2.90. The average Bonchev–Trinajstić information content (AvgIpc) is 2.14. The van der Waals surface area contributed by atoms with E-state index in [1.165, 1.54) is 6.07 Å². The SMILES string of the molecule is CCC(Cc1ccccc1O)S(=O)(=O)O. The quantitative estimate of drug-likeness (QED) is 0.770. The Bertz CT molecular complexity index is 425. The second kappa shape index (κ2) is 4.63. The van der Waals surface area contributed by atoms with E-state index in [-0.39, 0.29) is 12.2 Å². The molecular formula is C10H14O4S. The molecule has 4 nitrogen and oxygen atoms in total. The van der Waals surface area contributed by atoms with Crippen molar-refractivity contribution in [1.82, 2.24) is 0 Å². The molecule has 0 spiro atoms. The third-order valence-electron chi connectivity index (χ3n) is 2.32. The molecule has 1 atom stereocenters. The molecule has 0 aliphatic rings. The van der Waals surface area contributed by atoms with Crippen molar-refractivity contribution in [2.75, 3.05) is 0 Å². The van der Waals surface area contributed by atoms with Crippen LogP contribution in [0.4, 0.5) is 0 Å². The van der Waals surface area contributed by atoms with Crippen molar-refractivity contribution in [3.05, 3.63) is 29.8 Å². The van der Waals surface area contributed by atoms with Gasteiger partial charge in [0.15, 0.2) is 0 Å². The number of hydrogen-bond acceptors (Lipinski definition) is 3. The second-order valence-electron chi connectivity index (χ2n) is 3.38. The maximum atomic E-state index is 11.0. The molecule has 15 heavy (non-hydrogen) atoms. The molecule has 1 aromatic rings. The van der Waals surface area contributed by atoms with Crippen LogP contribution in [0, 0.1) is 0 Å². The molecule has 0 saturated carbocycles. The van der Waals surface area contributed by atoms with Gasteiger partial charge in [-0.25, -0.2) is 0 Å². The van der Waals surface area contributed by atoms with E-state index in [1.807, 2.05) is 0 Å². The van der Waals surface area contributed by atoms with Crippen LogP contribution in [-0.2, 0) is 16.5 Å². The highest BCUT2D eigenvalue weighted by Crippen LogP contribution is 2.20. The molecule has 0 bridgehead atoms. The van der Waals surface area contributed by atoms with Crippen LogP contribution in [0.25, 0.3) is 0 Å². The normalized spacial score (nSPS) is 13.7. The largest absolute Gasteiger partial charge is 0.508 e. The van der Waals surface area contributed by atoms with Gasteiger partial charge in [-0.05, 0) is 24.5 Å². The minimum atomic E-state index is -4.04. The Morgan fingerprint density at radius 1 is 1.33 bits per heavy atom. The van der Waals surface area contributed by atoms with Gasteiger partial charge >= 0.3 is 0 Å². The summed E-state index contributed by atoms with van der Waals surface area (Å²) in [4.78, 5) is 0. The van der Waals surface area contributed by atoms with Crippen LogP contribution in [0.15, 0.2) is 24.3 Å². The number of rotatable bonds is 4. The minimum Gasteiger partial charge on any atom is -0.508 e. The molecule has 0 radical (unpaired) electrons. The topological polar surface area (TPSA) is 74.6 Å². The molecule has 1 aromatic carbocycles. The molecule has 84 valence electrons. The van der Waals surface area contributed by atoms with Gasteiger partial charge in [-0.15, -0.1) is 0 Å². The van der Waals surface area contributed by atoms with E-state index >= 15 is 0 Å². The van der Waals surface area contributed by atoms with Gasteiger partial charge in [0.2, 0.25) is 0 Å². The molecule has 0 saturated heterocycles. The van der Waals surface area contributed by atoms with E-state index in [4.69, 9.17) is 4.55 Å². The van der Waals surface area contributed by atoms with E-state index in [2.05, 4.69) is 0 Å². The standard InChI is InChI=1S/C10H14O4S/c1-2-9(15(12,13)14)7-8-5-3-4-6-10(8)11/h3-6,9,11H,2,7H2,1H3,(H,12,13,14). The predicted octanol–water partition coefficient (Wildman–Crippen LogP) is 1.60. The lowest BCUT2D eigenvalue weighted by atomic mass is 10.1. The van der Waals surface area contributed by atoms with Crippen LogP contribution < -0.4 is 0 Å². The van der Waals surface area contributed by atoms with Crippen molar-refractivity contribution in [1.29, 1.82) is 0 Å². The summed E-state index contributed by atoms with van der Waals surface area (Å²) in [5, 5.41) is 8.59. The lowest BCUT2D eigenvalue weighted by Crippen LogP contribution is -2.22. The first-order chi connectivity index (χ1) is 6.95. The monoisotopic (exact) mass is 230 g/mol. The van der Waals surface area contributed by atoms with Gasteiger partial charge in [0.1, 0.15) is 5.75 Å². The number of hydrogen-bond donors (Lipinski definition) is 2. The summed E-state index contributed by atoms with van der Waals surface area (Å²) in [5.41, 5.74) is 0.530. The summed E-state index contributed by atoms with van der Waals surface area (Å²) in [5.74, 6) is 0.0552. The molecule has 0 fully saturated rings. The minimum absolute atomic E-state index is 0.0552. The lowest BCUT2D eigenvalue weighted by Gasteiger charge is -2.12. The molecule has 0 aliphatic heterocycles. The van der Waals surface area contributed by atoms with Crippen LogP contribution >= 0.6 is 0 Å². The molecule has 2 N–H and O–H groups in total. The van der Waals surface area contributed by atoms with Crippen LogP contribution in [0.1, 0.15) is 18.9 Å². The van der Waals surface area contributed by atoms with Crippen molar-refractivity contribution < 1.29 is 18.1 Å². The van der Waals surface area contributed by atoms with E-state index in [9.17, 15) is 13.5 Å². The molecule has 1 unspecified atom stereocenters. The molecular weight excluding hydrogens is 216 g/mol. The van der Waals surface area contributed by atoms with Crippen LogP contribution in [-0.4, -0.2) is 23.3 Å². The highest BCUT2D eigenvalue weighted by molar-refractivity contribution is 7.86. The Morgan fingerprint density at radius 3 is 2.40 bits per heavy atom. The number of phenolic OH excluding ortho intramolecular Hbond substituents is 1. The molecule has 0 aromatic heterocycles. The highest BCUT2D eigenvalue weighted by Gasteiger charge is 2.22. The van der Waals surface area contributed by atoms with Gasteiger partial charge < -0.3 is 5.11 Å². The maximum Gasteiger partial charge on any atom is 0.268 e. The van der Waals surface area contributed by atoms with Crippen LogP contribution in [0.2, 0.25) is 0 Å². The Labute approximate surface area is 89.3 Å². The highest BCUT2D eigenvalue weighted by atomic mass is 32.2. The lowest BCUT2D eigenvalue weighted by molar-refractivity contribution is 0.454. The Morgan fingerprint density at radius 2 is 1.93 bits per heavy atom. The smallest absolute Gasteiger partial charge is 0.268 e. The van der Waals surface area contributed by atoms with Crippen molar-refractivity contribution in [3.63, 3.8) is 0 Å². The fourth-order valence-electron chi connectivity index (χ4n) is 1.39. The van der Waals surface area contributed by atoms with Crippen molar-refractivity contribution >= 4 is 10.1 Å². The second-order valence-corrected chi connectivity index (χ2v) is 5.07. The van der Waals surface area contributed by atoms with E-state index in [0.29, 0.717) is 12.0 Å². The Hall–Kier alpha value is -1.07. The van der Waals surface area contributed by atoms with E-state index in [0.717, 1.165) is 0 Å². The van der Waals surface area contributed by atoms with Gasteiger partial charge in [0.25, 0.3) is 10.1 Å². The maximum absolute atomic E-state index is 11.0. The fraction of sp³-hybridized carbons (Fsp3) is 0.400. The number of phenols is 1. The summed E-state index contributed by atoms with van der Waals surface area (Å²) >= 11 is 0. The van der Waals surface area contributed by atoms with Gasteiger partial charge in [-0.1, -0.05) is 25.1 Å². The summed E-state index contributed by atoms with van der Waals surface area (Å²) in [6.07, 6.45) is 0.440. The number of para-hydroxylation sites is 1. The van der Waals surface area contributed by atoms with Gasteiger partial charge in [0.05, 0.1) is 5.25 Å². The van der Waals surface area contributed by atoms with Crippen LogP contribution in [0.3, 0.4) is 0 Å². The first kappa shape index (κ1) is 12.0. The Kier molecular flexibility index (Phi) is 3.71. The zero-order chi connectivity index (χ0) is 11.5. The predicted molar refractivity (Wildman–Crippen MR) is 57.4 cm³/mol. The summed E-state index contributed by atoms with van der Waals surface area (Å²) in [6.45, 7) is 1.68. The number of aromatic hydroxyl groups is 1. The average molecular weight is 230 g/mol. The van der Waals surface area contributed by atoms with E-state index < -0.39 is 15.4 Å². The fourth-order valence-corrected chi connectivity index (χ4v) is 2.20. The molecule has 1 rings (SSSR count). The van der Waals surface area contributed by atoms with Gasteiger partial charge in [0, 0.05) is 0 Å². The zero-order valence-electron chi connectivity index (χ0n) is 8.42. The number of benzene rings is 1. The van der Waals surface area contributed by atoms with Crippen molar-refractivity contribution in [3.8, 4) is 5.75 Å². The summed E-state index contributed by atoms with van der Waals surface area (Å²) in [6, 6.07) is 6.51. The van der Waals surface area contributed by atoms with Crippen molar-refractivity contribution in [2.24, 2.45) is 0 Å². The van der Waals surface area contributed by atoms with Gasteiger partial charge in [-0.2, -0.15) is 8.42 Å². The van der Waals surface area contributed by atoms with Crippen LogP contribution in [0.5, 0.6) is 5.75 Å². The summed E-state index contributed by atoms with van der Waals surface area (Å²) in [7, 11) is -4.04. The molecule has 0 aliphatic carbocycles. The van der Waals surface area contributed by atoms with Crippen molar-refractivity contribution in [2.45, 2.75) is 25.0 Å². The third-order valence-corrected chi connectivity index (χ3v) is 3.66. The first-order valence-electron chi connectivity index (χ1n) is 4.68. The third kappa shape index (κ3) is 3.21.